The van der Waals surface area contributed by atoms with Gasteiger partial charge < -0.3 is 14.6 Å². The van der Waals surface area contributed by atoms with E-state index in [1.165, 1.54) is 6.92 Å². The number of carbonyl (C=O) groups is 2. The van der Waals surface area contributed by atoms with Crippen LogP contribution in [0.5, 0.6) is 0 Å². The molecule has 82 valence electrons. The van der Waals surface area contributed by atoms with Gasteiger partial charge in [-0.25, -0.2) is 4.79 Å². The molecule has 0 rings (SSSR count). The van der Waals surface area contributed by atoms with E-state index >= 15 is 0 Å². The van der Waals surface area contributed by atoms with Crippen molar-refractivity contribution in [2.75, 3.05) is 13.2 Å². The van der Waals surface area contributed by atoms with Gasteiger partial charge in [0, 0.05) is 0 Å². The fraction of sp³-hybridized carbons (Fsp3) is 0.778. The van der Waals surface area contributed by atoms with Crippen molar-refractivity contribution in [3.8, 4) is 0 Å². The average Bonchev–Trinajstić information content (AvgIpc) is 2.16. The lowest BCUT2D eigenvalue weighted by atomic mass is 10.1. The van der Waals surface area contributed by atoms with Gasteiger partial charge in [-0.2, -0.15) is 0 Å². The molecule has 0 aliphatic rings. The maximum atomic E-state index is 11.1. The Morgan fingerprint density at radius 3 is 2.00 bits per heavy atom. The van der Waals surface area contributed by atoms with Crippen LogP contribution in [0.3, 0.4) is 0 Å². The van der Waals surface area contributed by atoms with Gasteiger partial charge in [-0.1, -0.05) is 0 Å². The lowest BCUT2D eigenvalue weighted by Crippen LogP contribution is -2.35. The van der Waals surface area contributed by atoms with Crippen molar-refractivity contribution in [1.29, 1.82) is 0 Å². The number of carbonyl (C=O) groups excluding carboxylic acids is 2. The summed E-state index contributed by atoms with van der Waals surface area (Å²) in [6, 6.07) is 0. The number of aliphatic hydroxyl groups is 1. The van der Waals surface area contributed by atoms with E-state index in [2.05, 4.69) is 9.47 Å². The van der Waals surface area contributed by atoms with Crippen molar-refractivity contribution < 1.29 is 24.2 Å². The van der Waals surface area contributed by atoms with Gasteiger partial charge in [-0.15, -0.1) is 0 Å². The SMILES string of the molecule is CCOC(=O)C([13CH3])C(O)C(=O)OCC. The molecular weight excluding hydrogens is 189 g/mol. The van der Waals surface area contributed by atoms with Crippen LogP contribution in [0.1, 0.15) is 20.8 Å². The summed E-state index contributed by atoms with van der Waals surface area (Å²) in [7, 11) is 0. The van der Waals surface area contributed by atoms with Crippen molar-refractivity contribution in [3.05, 3.63) is 0 Å². The highest BCUT2D eigenvalue weighted by Gasteiger charge is 2.30. The van der Waals surface area contributed by atoms with Crippen LogP contribution in [0.25, 0.3) is 0 Å². The summed E-state index contributed by atoms with van der Waals surface area (Å²) in [5.74, 6) is -2.30. The number of esters is 2. The van der Waals surface area contributed by atoms with E-state index in [9.17, 15) is 14.7 Å². The van der Waals surface area contributed by atoms with Crippen molar-refractivity contribution in [1.82, 2.24) is 0 Å². The summed E-state index contributed by atoms with van der Waals surface area (Å²) in [5.41, 5.74) is 0. The topological polar surface area (TPSA) is 72.8 Å². The molecule has 0 radical (unpaired) electrons. The van der Waals surface area contributed by atoms with Crippen LogP contribution in [0.4, 0.5) is 0 Å². The molecule has 0 heterocycles. The zero-order valence-electron chi connectivity index (χ0n) is 8.65. The summed E-state index contributed by atoms with van der Waals surface area (Å²) in [4.78, 5) is 22.1. The average molecular weight is 205 g/mol. The Kier molecular flexibility index (Phi) is 5.87. The van der Waals surface area contributed by atoms with Gasteiger partial charge in [0.2, 0.25) is 0 Å². The van der Waals surface area contributed by atoms with Gasteiger partial charge in [-0.3, -0.25) is 4.79 Å². The van der Waals surface area contributed by atoms with Crippen LogP contribution >= 0.6 is 0 Å². The Morgan fingerprint density at radius 2 is 1.57 bits per heavy atom. The van der Waals surface area contributed by atoms with Crippen LogP contribution in [0.2, 0.25) is 0 Å². The minimum atomic E-state index is -1.45. The Bertz CT molecular complexity index is 179. The van der Waals surface area contributed by atoms with Gasteiger partial charge in [-0.05, 0) is 20.8 Å². The first-order valence-corrected chi connectivity index (χ1v) is 4.55. The van der Waals surface area contributed by atoms with E-state index in [1.807, 2.05) is 0 Å². The van der Waals surface area contributed by atoms with Gasteiger partial charge >= 0.3 is 11.9 Å². The molecule has 0 aromatic rings. The quantitative estimate of drug-likeness (QED) is 0.509. The molecule has 0 bridgehead atoms. The number of aliphatic hydroxyl groups excluding tert-OH is 1. The predicted octanol–water partition coefficient (Wildman–Crippen LogP) is 0.110. The maximum absolute atomic E-state index is 11.1. The summed E-state index contributed by atoms with van der Waals surface area (Å²) >= 11 is 0. The lowest BCUT2D eigenvalue weighted by molar-refractivity contribution is -0.165. The fourth-order valence-electron chi connectivity index (χ4n) is 0.834. The minimum Gasteiger partial charge on any atom is -0.466 e. The molecule has 2 atom stereocenters. The van der Waals surface area contributed by atoms with E-state index in [0.29, 0.717) is 0 Å². The monoisotopic (exact) mass is 205 g/mol. The van der Waals surface area contributed by atoms with Crippen LogP contribution in [-0.4, -0.2) is 36.4 Å². The normalized spacial score (nSPS) is 14.3. The highest BCUT2D eigenvalue weighted by Crippen LogP contribution is 2.07. The van der Waals surface area contributed by atoms with Crippen molar-refractivity contribution >= 4 is 11.9 Å². The molecule has 1 N–H and O–H groups in total. The first kappa shape index (κ1) is 12.9. The number of rotatable bonds is 5. The minimum absolute atomic E-state index is 0.172. The largest absolute Gasteiger partial charge is 0.466 e. The van der Waals surface area contributed by atoms with E-state index < -0.39 is 24.0 Å². The Hall–Kier alpha value is -1.10. The lowest BCUT2D eigenvalue weighted by Gasteiger charge is -2.15. The van der Waals surface area contributed by atoms with E-state index in [1.54, 1.807) is 13.8 Å². The van der Waals surface area contributed by atoms with Gasteiger partial charge in [0.25, 0.3) is 0 Å². The molecule has 0 aliphatic heterocycles. The molecule has 0 amide bonds. The van der Waals surface area contributed by atoms with Gasteiger partial charge in [0.05, 0.1) is 19.1 Å². The molecule has 0 aliphatic carbocycles. The molecule has 0 saturated carbocycles. The van der Waals surface area contributed by atoms with Crippen LogP contribution in [-0.2, 0) is 19.1 Å². The molecule has 0 aromatic heterocycles. The van der Waals surface area contributed by atoms with E-state index in [-0.39, 0.29) is 13.2 Å². The van der Waals surface area contributed by atoms with Crippen molar-refractivity contribution in [2.24, 2.45) is 5.92 Å². The third-order valence-corrected chi connectivity index (χ3v) is 1.66. The third-order valence-electron chi connectivity index (χ3n) is 1.66. The molecule has 14 heavy (non-hydrogen) atoms. The number of ether oxygens (including phenoxy) is 2. The van der Waals surface area contributed by atoms with Crippen molar-refractivity contribution in [2.45, 2.75) is 26.9 Å². The number of hydrogen-bond donors (Lipinski definition) is 1. The summed E-state index contributed by atoms with van der Waals surface area (Å²) in [5, 5.41) is 9.34. The van der Waals surface area contributed by atoms with E-state index in [4.69, 9.17) is 0 Å². The summed E-state index contributed by atoms with van der Waals surface area (Å²) in [6.07, 6.45) is -1.45. The summed E-state index contributed by atoms with van der Waals surface area (Å²) < 4.78 is 9.20. The van der Waals surface area contributed by atoms with Gasteiger partial charge in [0.15, 0.2) is 6.10 Å². The smallest absolute Gasteiger partial charge is 0.335 e. The standard InChI is InChI=1S/C9H16O5/c1-4-13-8(11)6(3)7(10)9(12)14-5-2/h6-7,10H,4-5H2,1-3H3/i3+1. The molecule has 5 heteroatoms. The van der Waals surface area contributed by atoms with Crippen LogP contribution in [0, 0.1) is 5.92 Å². The molecule has 0 aromatic carbocycles. The second-order valence-electron chi connectivity index (χ2n) is 2.74. The van der Waals surface area contributed by atoms with Crippen LogP contribution in [0.15, 0.2) is 0 Å². The fourth-order valence-corrected chi connectivity index (χ4v) is 0.834. The Labute approximate surface area is 83.0 Å². The van der Waals surface area contributed by atoms with Crippen LogP contribution < -0.4 is 0 Å². The molecule has 0 spiro atoms. The third kappa shape index (κ3) is 3.74. The second-order valence-corrected chi connectivity index (χ2v) is 2.74. The second kappa shape index (κ2) is 6.37. The number of hydrogen-bond acceptors (Lipinski definition) is 5. The zero-order valence-corrected chi connectivity index (χ0v) is 8.65. The van der Waals surface area contributed by atoms with Crippen molar-refractivity contribution in [3.63, 3.8) is 0 Å². The zero-order chi connectivity index (χ0) is 11.1. The summed E-state index contributed by atoms with van der Waals surface area (Å²) in [6.45, 7) is 5.09. The molecular formula is C9H16O5. The maximum Gasteiger partial charge on any atom is 0.335 e. The Morgan fingerprint density at radius 1 is 1.14 bits per heavy atom. The molecule has 0 saturated heterocycles. The molecule has 2 unspecified atom stereocenters. The highest BCUT2D eigenvalue weighted by molar-refractivity contribution is 5.83. The first-order chi connectivity index (χ1) is 6.54. The molecule has 0 fully saturated rings. The molecule has 5 nitrogen and oxygen atoms in total. The highest BCUT2D eigenvalue weighted by atomic mass is 16.6. The Balaban J connectivity index is 4.16. The first-order valence-electron chi connectivity index (χ1n) is 4.55. The van der Waals surface area contributed by atoms with Gasteiger partial charge in [0.1, 0.15) is 0 Å². The predicted molar refractivity (Wildman–Crippen MR) is 48.4 cm³/mol. The van der Waals surface area contributed by atoms with E-state index in [0.717, 1.165) is 0 Å².